The number of nitrogens with one attached hydrogen (secondary N) is 1. The molecule has 2 heterocycles. The van der Waals surface area contributed by atoms with Crippen LogP contribution in [0, 0.1) is 0 Å². The van der Waals surface area contributed by atoms with Gasteiger partial charge in [0.25, 0.3) is 0 Å². The minimum Gasteiger partial charge on any atom is -0.464 e. The Morgan fingerprint density at radius 2 is 2.45 bits per heavy atom. The summed E-state index contributed by atoms with van der Waals surface area (Å²) in [5.41, 5.74) is 6.56. The normalized spacial score (nSPS) is 19.6. The Balaban J connectivity index is 1.99. The zero-order valence-corrected chi connectivity index (χ0v) is 11.8. The molecule has 1 aliphatic heterocycles. The lowest BCUT2D eigenvalue weighted by atomic mass is 10.2. The third-order valence-electron chi connectivity index (χ3n) is 3.16. The smallest absolute Gasteiger partial charge is 0.356 e. The largest absolute Gasteiger partial charge is 0.464 e. The van der Waals surface area contributed by atoms with E-state index in [-0.39, 0.29) is 11.8 Å². The number of likely N-dealkylation sites (N-methyl/N-ethyl adjacent to an activating group) is 1. The van der Waals surface area contributed by atoms with E-state index in [1.54, 1.807) is 6.07 Å². The molecular weight excluding hydrogens is 260 g/mol. The lowest BCUT2D eigenvalue weighted by molar-refractivity contribution is -0.0117. The van der Waals surface area contributed by atoms with Crippen molar-refractivity contribution in [3.8, 4) is 0 Å². The van der Waals surface area contributed by atoms with Crippen molar-refractivity contribution in [3.05, 3.63) is 17.8 Å². The molecule has 0 saturated carbocycles. The summed E-state index contributed by atoms with van der Waals surface area (Å²) >= 11 is 0. The Bertz CT molecular complexity index is 481. The molecule has 20 heavy (non-hydrogen) atoms. The third kappa shape index (κ3) is 3.58. The minimum atomic E-state index is -0.485. The van der Waals surface area contributed by atoms with Gasteiger partial charge in [-0.25, -0.2) is 9.78 Å². The van der Waals surface area contributed by atoms with Crippen LogP contribution in [-0.4, -0.2) is 62.4 Å². The van der Waals surface area contributed by atoms with Crippen LogP contribution in [0.25, 0.3) is 0 Å². The number of carbonyl (C=O) groups is 1. The molecule has 1 unspecified atom stereocenters. The summed E-state index contributed by atoms with van der Waals surface area (Å²) in [6.07, 6.45) is 0.0803. The average Bonchev–Trinajstić information content (AvgIpc) is 2.45. The number of hydrogen-bond donors (Lipinski definition) is 2. The lowest BCUT2D eigenvalue weighted by Gasteiger charge is -2.30. The van der Waals surface area contributed by atoms with Crippen molar-refractivity contribution in [1.82, 2.24) is 9.88 Å². The number of hydrogen-bond acceptors (Lipinski definition) is 7. The van der Waals surface area contributed by atoms with Crippen molar-refractivity contribution in [1.29, 1.82) is 0 Å². The maximum absolute atomic E-state index is 11.4. The highest BCUT2D eigenvalue weighted by atomic mass is 16.5. The highest BCUT2D eigenvalue weighted by molar-refractivity contribution is 5.88. The van der Waals surface area contributed by atoms with E-state index in [1.165, 1.54) is 13.2 Å². The third-order valence-corrected chi connectivity index (χ3v) is 3.16. The Hall–Kier alpha value is -1.86. The number of nitrogens with two attached hydrogens (primary N) is 1. The summed E-state index contributed by atoms with van der Waals surface area (Å²) in [4.78, 5) is 17.8. The molecule has 110 valence electrons. The van der Waals surface area contributed by atoms with Crippen LogP contribution in [0.1, 0.15) is 10.5 Å². The molecule has 0 aliphatic carbocycles. The van der Waals surface area contributed by atoms with Crippen LogP contribution in [-0.2, 0) is 9.47 Å². The SMILES string of the molecule is COC(=O)c1ccc(N)c(NCC2CN(C)CCO2)n1. The second-order valence-corrected chi connectivity index (χ2v) is 4.76. The fraction of sp³-hybridized carbons (Fsp3) is 0.538. The Labute approximate surface area is 118 Å². The highest BCUT2D eigenvalue weighted by Gasteiger charge is 2.18. The highest BCUT2D eigenvalue weighted by Crippen LogP contribution is 2.16. The van der Waals surface area contributed by atoms with Crippen molar-refractivity contribution in [2.45, 2.75) is 6.10 Å². The van der Waals surface area contributed by atoms with E-state index in [9.17, 15) is 4.79 Å². The number of anilines is 2. The molecule has 1 fully saturated rings. The first kappa shape index (κ1) is 14.5. The van der Waals surface area contributed by atoms with Crippen LogP contribution in [0.4, 0.5) is 11.5 Å². The van der Waals surface area contributed by atoms with Gasteiger partial charge in [0, 0.05) is 19.6 Å². The molecule has 7 heteroatoms. The molecule has 2 rings (SSSR count). The van der Waals surface area contributed by atoms with Crippen LogP contribution in [0.5, 0.6) is 0 Å². The molecule has 0 spiro atoms. The summed E-state index contributed by atoms with van der Waals surface area (Å²) in [6, 6.07) is 3.17. The zero-order valence-electron chi connectivity index (χ0n) is 11.8. The quantitative estimate of drug-likeness (QED) is 0.761. The number of nitrogen functional groups attached to an aromatic ring is 1. The zero-order chi connectivity index (χ0) is 14.5. The van der Waals surface area contributed by atoms with Gasteiger partial charge in [-0.2, -0.15) is 0 Å². The summed E-state index contributed by atoms with van der Waals surface area (Å²) in [7, 11) is 3.37. The van der Waals surface area contributed by atoms with Crippen molar-refractivity contribution in [2.75, 3.05) is 51.4 Å². The second-order valence-electron chi connectivity index (χ2n) is 4.76. The number of methoxy groups -OCH3 is 1. The van der Waals surface area contributed by atoms with Gasteiger partial charge in [-0.1, -0.05) is 0 Å². The summed E-state index contributed by atoms with van der Waals surface area (Å²) < 4.78 is 10.3. The molecule has 1 saturated heterocycles. The van der Waals surface area contributed by atoms with Crippen LogP contribution >= 0.6 is 0 Å². The summed E-state index contributed by atoms with van der Waals surface area (Å²) in [6.45, 7) is 3.10. The summed E-state index contributed by atoms with van der Waals surface area (Å²) in [5.74, 6) is -0.00794. The predicted molar refractivity (Wildman–Crippen MR) is 75.7 cm³/mol. The molecule has 0 bridgehead atoms. The monoisotopic (exact) mass is 280 g/mol. The van der Waals surface area contributed by atoms with Gasteiger partial charge in [0.15, 0.2) is 5.69 Å². The van der Waals surface area contributed by atoms with Gasteiger partial charge in [-0.05, 0) is 19.2 Å². The number of esters is 1. The number of nitrogens with zero attached hydrogens (tertiary/aromatic N) is 2. The van der Waals surface area contributed by atoms with E-state index in [1.807, 2.05) is 0 Å². The molecule has 0 amide bonds. The molecule has 1 aromatic heterocycles. The molecule has 1 aliphatic rings. The molecule has 0 aromatic carbocycles. The molecule has 1 atom stereocenters. The van der Waals surface area contributed by atoms with Crippen molar-refractivity contribution < 1.29 is 14.3 Å². The maximum atomic E-state index is 11.4. The molecule has 1 aromatic rings. The summed E-state index contributed by atoms with van der Waals surface area (Å²) in [5, 5.41) is 3.13. The molecule has 3 N–H and O–H groups in total. The molecule has 0 radical (unpaired) electrons. The first-order valence-corrected chi connectivity index (χ1v) is 6.49. The number of morpholine rings is 1. The van der Waals surface area contributed by atoms with Gasteiger partial charge >= 0.3 is 5.97 Å². The van der Waals surface area contributed by atoms with E-state index in [0.29, 0.717) is 24.7 Å². The lowest BCUT2D eigenvalue weighted by Crippen LogP contribution is -2.43. The number of pyridine rings is 1. The van der Waals surface area contributed by atoms with Crippen LogP contribution in [0.2, 0.25) is 0 Å². The first-order valence-electron chi connectivity index (χ1n) is 6.49. The Kier molecular flexibility index (Phi) is 4.75. The predicted octanol–water partition coefficient (Wildman–Crippen LogP) is 0.193. The molecular formula is C13H20N4O3. The van der Waals surface area contributed by atoms with Crippen LogP contribution in [0.3, 0.4) is 0 Å². The van der Waals surface area contributed by atoms with Gasteiger partial charge in [0.05, 0.1) is 25.5 Å². The van der Waals surface area contributed by atoms with Gasteiger partial charge in [-0.3, -0.25) is 0 Å². The standard InChI is InChI=1S/C13H20N4O3/c1-17-5-6-20-9(8-17)7-15-12-10(14)3-4-11(16-12)13(18)19-2/h3-4,9H,5-8,14H2,1-2H3,(H,15,16). The number of aromatic nitrogens is 1. The van der Waals surface area contributed by atoms with Crippen molar-refractivity contribution >= 4 is 17.5 Å². The number of ether oxygens (including phenoxy) is 2. The first-order chi connectivity index (χ1) is 9.60. The second kappa shape index (κ2) is 6.53. The van der Waals surface area contributed by atoms with Gasteiger partial charge in [0.2, 0.25) is 0 Å². The fourth-order valence-corrected chi connectivity index (χ4v) is 2.03. The average molecular weight is 280 g/mol. The molecule has 7 nitrogen and oxygen atoms in total. The van der Waals surface area contributed by atoms with E-state index in [2.05, 4.69) is 27.0 Å². The van der Waals surface area contributed by atoms with E-state index in [0.717, 1.165) is 13.1 Å². The fourth-order valence-electron chi connectivity index (χ4n) is 2.03. The minimum absolute atomic E-state index is 0.0803. The van der Waals surface area contributed by atoms with Gasteiger partial charge in [0.1, 0.15) is 5.82 Å². The topological polar surface area (TPSA) is 89.7 Å². The van der Waals surface area contributed by atoms with Gasteiger partial charge < -0.3 is 25.4 Å². The van der Waals surface area contributed by atoms with Crippen LogP contribution < -0.4 is 11.1 Å². The van der Waals surface area contributed by atoms with Crippen LogP contribution in [0.15, 0.2) is 12.1 Å². The Morgan fingerprint density at radius 1 is 1.65 bits per heavy atom. The van der Waals surface area contributed by atoms with Crippen molar-refractivity contribution in [3.63, 3.8) is 0 Å². The van der Waals surface area contributed by atoms with Gasteiger partial charge in [-0.15, -0.1) is 0 Å². The van der Waals surface area contributed by atoms with E-state index >= 15 is 0 Å². The number of carbonyl (C=O) groups excluding carboxylic acids is 1. The number of rotatable bonds is 4. The van der Waals surface area contributed by atoms with Crippen molar-refractivity contribution in [2.24, 2.45) is 0 Å². The van der Waals surface area contributed by atoms with E-state index in [4.69, 9.17) is 10.5 Å². The maximum Gasteiger partial charge on any atom is 0.356 e. The van der Waals surface area contributed by atoms with E-state index < -0.39 is 5.97 Å². The Morgan fingerprint density at radius 3 is 3.15 bits per heavy atom.